The highest BCUT2D eigenvalue weighted by molar-refractivity contribution is 5.88. The van der Waals surface area contributed by atoms with E-state index >= 15 is 0 Å². The van der Waals surface area contributed by atoms with E-state index in [0.29, 0.717) is 0 Å². The number of benzene rings is 1. The van der Waals surface area contributed by atoms with Crippen LogP contribution in [0.2, 0.25) is 0 Å². The van der Waals surface area contributed by atoms with Gasteiger partial charge in [-0.2, -0.15) is 0 Å². The van der Waals surface area contributed by atoms with E-state index in [9.17, 15) is 4.79 Å². The van der Waals surface area contributed by atoms with Crippen LogP contribution in [0.3, 0.4) is 0 Å². The molecule has 0 saturated carbocycles. The van der Waals surface area contributed by atoms with Crippen molar-refractivity contribution >= 4 is 28.9 Å². The molecule has 0 spiro atoms. The van der Waals surface area contributed by atoms with Crippen LogP contribution >= 0.6 is 0 Å². The van der Waals surface area contributed by atoms with E-state index in [4.69, 9.17) is 0 Å². The van der Waals surface area contributed by atoms with Gasteiger partial charge >= 0.3 is 0 Å². The largest absolute Gasteiger partial charge is 0.360 e. The number of carbonyl (C=O) groups is 1. The highest BCUT2D eigenvalue weighted by atomic mass is 16.1. The summed E-state index contributed by atoms with van der Waals surface area (Å²) < 4.78 is 0. The standard InChI is InChI=1S/C18H25N5O/c1-5-6-11-23(4)18-12-17(19-13(2)20-18)22-16-9-7-15(8-10-16)21-14(3)24/h7-10,12H,5-6,11H2,1-4H3,(H,21,24)(H,19,20,22). The second kappa shape index (κ2) is 8.29. The summed E-state index contributed by atoms with van der Waals surface area (Å²) in [6.45, 7) is 6.53. The minimum Gasteiger partial charge on any atom is -0.360 e. The molecule has 2 rings (SSSR count). The van der Waals surface area contributed by atoms with Crippen molar-refractivity contribution in [2.24, 2.45) is 0 Å². The van der Waals surface area contributed by atoms with Gasteiger partial charge in [0.25, 0.3) is 0 Å². The molecule has 0 aliphatic carbocycles. The molecule has 128 valence electrons. The molecule has 1 aromatic heterocycles. The van der Waals surface area contributed by atoms with E-state index in [0.717, 1.165) is 48.2 Å². The Labute approximate surface area is 143 Å². The van der Waals surface area contributed by atoms with Crippen LogP contribution in [-0.4, -0.2) is 29.5 Å². The Hall–Kier alpha value is -2.63. The minimum atomic E-state index is -0.0816. The van der Waals surface area contributed by atoms with E-state index in [1.54, 1.807) is 0 Å². The lowest BCUT2D eigenvalue weighted by atomic mass is 10.2. The number of nitrogens with zero attached hydrogens (tertiary/aromatic N) is 3. The summed E-state index contributed by atoms with van der Waals surface area (Å²) in [5.74, 6) is 2.32. The fraction of sp³-hybridized carbons (Fsp3) is 0.389. The smallest absolute Gasteiger partial charge is 0.221 e. The lowest BCUT2D eigenvalue weighted by Gasteiger charge is -2.19. The summed E-state index contributed by atoms with van der Waals surface area (Å²) in [7, 11) is 2.05. The number of amides is 1. The number of rotatable bonds is 7. The Balaban J connectivity index is 2.11. The molecular formula is C18H25N5O. The van der Waals surface area contributed by atoms with Gasteiger partial charge in [-0.05, 0) is 37.6 Å². The molecule has 6 nitrogen and oxygen atoms in total. The summed E-state index contributed by atoms with van der Waals surface area (Å²) in [6.07, 6.45) is 2.28. The molecule has 0 bridgehead atoms. The zero-order valence-corrected chi connectivity index (χ0v) is 14.8. The maximum absolute atomic E-state index is 11.1. The minimum absolute atomic E-state index is 0.0816. The van der Waals surface area contributed by atoms with Crippen LogP contribution in [0.25, 0.3) is 0 Å². The quantitative estimate of drug-likeness (QED) is 0.811. The zero-order valence-electron chi connectivity index (χ0n) is 14.8. The molecule has 0 radical (unpaired) electrons. The fourth-order valence-corrected chi connectivity index (χ4v) is 2.31. The lowest BCUT2D eigenvalue weighted by molar-refractivity contribution is -0.114. The molecule has 1 aromatic carbocycles. The van der Waals surface area contributed by atoms with Gasteiger partial charge in [0.15, 0.2) is 0 Å². The maximum atomic E-state index is 11.1. The zero-order chi connectivity index (χ0) is 17.5. The van der Waals surface area contributed by atoms with Gasteiger partial charge in [-0.3, -0.25) is 4.79 Å². The van der Waals surface area contributed by atoms with Gasteiger partial charge in [0.1, 0.15) is 17.5 Å². The number of hydrogen-bond donors (Lipinski definition) is 2. The number of unbranched alkanes of at least 4 members (excludes halogenated alkanes) is 1. The number of hydrogen-bond acceptors (Lipinski definition) is 5. The molecule has 0 saturated heterocycles. The van der Waals surface area contributed by atoms with Gasteiger partial charge in [0.05, 0.1) is 0 Å². The predicted octanol–water partition coefficient (Wildman–Crippen LogP) is 3.72. The van der Waals surface area contributed by atoms with Crippen molar-refractivity contribution in [2.45, 2.75) is 33.6 Å². The number of carbonyl (C=O) groups excluding carboxylic acids is 1. The van der Waals surface area contributed by atoms with Crippen molar-refractivity contribution in [2.75, 3.05) is 29.1 Å². The molecule has 6 heteroatoms. The summed E-state index contributed by atoms with van der Waals surface area (Å²) in [5, 5.41) is 6.04. The molecule has 0 aliphatic rings. The average Bonchev–Trinajstić information content (AvgIpc) is 2.53. The average molecular weight is 327 g/mol. The third kappa shape index (κ3) is 5.22. The molecule has 1 amide bonds. The third-order valence-electron chi connectivity index (χ3n) is 3.54. The first-order chi connectivity index (χ1) is 11.5. The molecule has 1 heterocycles. The molecule has 2 aromatic rings. The molecular weight excluding hydrogens is 302 g/mol. The first-order valence-electron chi connectivity index (χ1n) is 8.19. The molecule has 0 unspecified atom stereocenters. The first kappa shape index (κ1) is 17.7. The van der Waals surface area contributed by atoms with Crippen LogP contribution in [0.4, 0.5) is 23.0 Å². The summed E-state index contributed by atoms with van der Waals surface area (Å²) in [6, 6.07) is 9.47. The topological polar surface area (TPSA) is 70.2 Å². The molecule has 0 fully saturated rings. The first-order valence-corrected chi connectivity index (χ1v) is 8.19. The molecule has 0 aliphatic heterocycles. The van der Waals surface area contributed by atoms with Crippen LogP contribution in [0.1, 0.15) is 32.5 Å². The van der Waals surface area contributed by atoms with Crippen molar-refractivity contribution < 1.29 is 4.79 Å². The van der Waals surface area contributed by atoms with Gasteiger partial charge in [0.2, 0.25) is 5.91 Å². The Kier molecular flexibility index (Phi) is 6.12. The van der Waals surface area contributed by atoms with Gasteiger partial charge in [0, 0.05) is 38.0 Å². The van der Waals surface area contributed by atoms with Crippen molar-refractivity contribution in [3.63, 3.8) is 0 Å². The number of aryl methyl sites for hydroxylation is 1. The molecule has 0 atom stereocenters. The fourth-order valence-electron chi connectivity index (χ4n) is 2.31. The van der Waals surface area contributed by atoms with E-state index in [1.165, 1.54) is 6.92 Å². The Morgan fingerprint density at radius 3 is 2.46 bits per heavy atom. The highest BCUT2D eigenvalue weighted by Gasteiger charge is 2.07. The Morgan fingerprint density at radius 2 is 1.83 bits per heavy atom. The van der Waals surface area contributed by atoms with Gasteiger partial charge in [-0.25, -0.2) is 9.97 Å². The Morgan fingerprint density at radius 1 is 1.17 bits per heavy atom. The van der Waals surface area contributed by atoms with Crippen LogP contribution < -0.4 is 15.5 Å². The third-order valence-corrected chi connectivity index (χ3v) is 3.54. The second-order valence-electron chi connectivity index (χ2n) is 5.82. The van der Waals surface area contributed by atoms with Crippen molar-refractivity contribution in [1.29, 1.82) is 0 Å². The lowest BCUT2D eigenvalue weighted by Crippen LogP contribution is -2.20. The van der Waals surface area contributed by atoms with Crippen LogP contribution in [0.5, 0.6) is 0 Å². The van der Waals surface area contributed by atoms with Gasteiger partial charge in [-0.1, -0.05) is 13.3 Å². The van der Waals surface area contributed by atoms with E-state index in [-0.39, 0.29) is 5.91 Å². The highest BCUT2D eigenvalue weighted by Crippen LogP contribution is 2.21. The summed E-state index contributed by atoms with van der Waals surface area (Å²) in [5.41, 5.74) is 1.68. The molecule has 2 N–H and O–H groups in total. The second-order valence-corrected chi connectivity index (χ2v) is 5.82. The maximum Gasteiger partial charge on any atom is 0.221 e. The SMILES string of the molecule is CCCCN(C)c1cc(Nc2ccc(NC(C)=O)cc2)nc(C)n1. The van der Waals surface area contributed by atoms with E-state index in [1.807, 2.05) is 44.3 Å². The van der Waals surface area contributed by atoms with Crippen molar-refractivity contribution in [3.05, 3.63) is 36.2 Å². The summed E-state index contributed by atoms with van der Waals surface area (Å²) >= 11 is 0. The van der Waals surface area contributed by atoms with Crippen molar-refractivity contribution in [1.82, 2.24) is 9.97 Å². The van der Waals surface area contributed by atoms with Gasteiger partial charge in [-0.15, -0.1) is 0 Å². The van der Waals surface area contributed by atoms with E-state index in [2.05, 4.69) is 32.4 Å². The van der Waals surface area contributed by atoms with Crippen LogP contribution in [0, 0.1) is 6.92 Å². The normalized spacial score (nSPS) is 10.3. The van der Waals surface area contributed by atoms with Crippen molar-refractivity contribution in [3.8, 4) is 0 Å². The molecule has 24 heavy (non-hydrogen) atoms. The van der Waals surface area contributed by atoms with Crippen LogP contribution in [-0.2, 0) is 4.79 Å². The van der Waals surface area contributed by atoms with E-state index < -0.39 is 0 Å². The summed E-state index contributed by atoms with van der Waals surface area (Å²) in [4.78, 5) is 22.1. The van der Waals surface area contributed by atoms with Gasteiger partial charge < -0.3 is 15.5 Å². The number of anilines is 4. The number of aromatic nitrogens is 2. The monoisotopic (exact) mass is 327 g/mol. The number of nitrogens with one attached hydrogen (secondary N) is 2. The van der Waals surface area contributed by atoms with Crippen LogP contribution in [0.15, 0.2) is 30.3 Å². The predicted molar refractivity (Wildman–Crippen MR) is 99.0 cm³/mol. The Bertz CT molecular complexity index is 684.